The second-order valence-electron chi connectivity index (χ2n) is 5.21. The average molecular weight is 263 g/mol. The van der Waals surface area contributed by atoms with Crippen molar-refractivity contribution < 1.29 is 9.84 Å². The molecule has 0 spiro atoms. The van der Waals surface area contributed by atoms with E-state index in [0.29, 0.717) is 19.2 Å². The first-order chi connectivity index (χ1) is 9.26. The normalized spacial score (nSPS) is 16.6. The molecule has 0 aromatic heterocycles. The number of para-hydroxylation sites is 1. The van der Waals surface area contributed by atoms with Crippen LogP contribution in [0.2, 0.25) is 0 Å². The lowest BCUT2D eigenvalue weighted by Gasteiger charge is -2.25. The maximum absolute atomic E-state index is 10.5. The maximum Gasteiger partial charge on any atom is 0.125 e. The molecule has 19 heavy (non-hydrogen) atoms. The average Bonchev–Trinajstić information content (AvgIpc) is 3.23. The molecule has 2 rings (SSSR count). The van der Waals surface area contributed by atoms with Gasteiger partial charge in [-0.25, -0.2) is 0 Å². The molecule has 3 heteroatoms. The molecule has 1 fully saturated rings. The molecule has 0 aliphatic heterocycles. The van der Waals surface area contributed by atoms with E-state index in [9.17, 15) is 5.11 Å². The molecule has 1 atom stereocenters. The third kappa shape index (κ3) is 3.95. The Morgan fingerprint density at radius 2 is 2.05 bits per heavy atom. The minimum atomic E-state index is -0.463. The summed E-state index contributed by atoms with van der Waals surface area (Å²) in [6.07, 6.45) is 3.23. The van der Waals surface area contributed by atoms with Crippen molar-refractivity contribution in [2.24, 2.45) is 0 Å². The lowest BCUT2D eigenvalue weighted by atomic mass is 10.1. The summed E-state index contributed by atoms with van der Waals surface area (Å²) in [6, 6.07) is 8.50. The minimum absolute atomic E-state index is 0.463. The molecule has 1 unspecified atom stereocenters. The lowest BCUT2D eigenvalue weighted by Crippen LogP contribution is -2.31. The number of benzene rings is 1. The summed E-state index contributed by atoms with van der Waals surface area (Å²) in [7, 11) is 0. The van der Waals surface area contributed by atoms with Crippen molar-refractivity contribution in [3.63, 3.8) is 0 Å². The van der Waals surface area contributed by atoms with E-state index in [1.54, 1.807) is 0 Å². The number of nitrogens with zero attached hydrogens (tertiary/aromatic N) is 1. The van der Waals surface area contributed by atoms with E-state index >= 15 is 0 Å². The Morgan fingerprint density at radius 1 is 1.32 bits per heavy atom. The lowest BCUT2D eigenvalue weighted by molar-refractivity contribution is 0.106. The van der Waals surface area contributed by atoms with Gasteiger partial charge in [0.1, 0.15) is 5.75 Å². The van der Waals surface area contributed by atoms with Crippen LogP contribution in [0.5, 0.6) is 5.75 Å². The van der Waals surface area contributed by atoms with Gasteiger partial charge in [0, 0.05) is 18.2 Å². The van der Waals surface area contributed by atoms with Crippen LogP contribution in [0.25, 0.3) is 0 Å². The second kappa shape index (κ2) is 6.92. The summed E-state index contributed by atoms with van der Waals surface area (Å²) >= 11 is 0. The predicted octanol–water partition coefficient (Wildman–Crippen LogP) is 2.99. The van der Waals surface area contributed by atoms with Crippen LogP contribution in [-0.2, 0) is 0 Å². The summed E-state index contributed by atoms with van der Waals surface area (Å²) in [4.78, 5) is 2.41. The Bertz CT molecular complexity index is 390. The standard InChI is InChI=1S/C16H25NO2/c1-3-11-17(13-9-10-13)12-15(18)14-7-5-6-8-16(14)19-4-2/h5-8,13,15,18H,3-4,9-12H2,1-2H3. The fourth-order valence-electron chi connectivity index (χ4n) is 2.51. The summed E-state index contributed by atoms with van der Waals surface area (Å²) in [5.74, 6) is 0.810. The van der Waals surface area contributed by atoms with E-state index in [-0.39, 0.29) is 0 Å². The summed E-state index contributed by atoms with van der Waals surface area (Å²) in [5.41, 5.74) is 0.908. The molecule has 0 heterocycles. The van der Waals surface area contributed by atoms with Gasteiger partial charge in [-0.05, 0) is 38.8 Å². The highest BCUT2D eigenvalue weighted by atomic mass is 16.5. The van der Waals surface area contributed by atoms with Crippen molar-refractivity contribution in [1.82, 2.24) is 4.90 Å². The Kier molecular flexibility index (Phi) is 5.23. The van der Waals surface area contributed by atoms with Crippen molar-refractivity contribution in [3.8, 4) is 5.75 Å². The fraction of sp³-hybridized carbons (Fsp3) is 0.625. The number of aliphatic hydroxyl groups is 1. The smallest absolute Gasteiger partial charge is 0.125 e. The Labute approximate surface area is 116 Å². The number of aliphatic hydroxyl groups excluding tert-OH is 1. The van der Waals surface area contributed by atoms with Crippen molar-refractivity contribution in [3.05, 3.63) is 29.8 Å². The zero-order valence-corrected chi connectivity index (χ0v) is 12.0. The highest BCUT2D eigenvalue weighted by molar-refractivity contribution is 5.35. The largest absolute Gasteiger partial charge is 0.493 e. The zero-order valence-electron chi connectivity index (χ0n) is 12.0. The molecule has 1 aliphatic rings. The molecule has 106 valence electrons. The molecular weight excluding hydrogens is 238 g/mol. The SMILES string of the molecule is CCCN(CC(O)c1ccccc1OCC)C1CC1. The number of hydrogen-bond donors (Lipinski definition) is 1. The molecule has 1 N–H and O–H groups in total. The molecule has 1 aromatic carbocycles. The van der Waals surface area contributed by atoms with Crippen LogP contribution in [0.4, 0.5) is 0 Å². The number of rotatable bonds is 8. The van der Waals surface area contributed by atoms with Crippen LogP contribution in [0.3, 0.4) is 0 Å². The highest BCUT2D eigenvalue weighted by Gasteiger charge is 2.30. The van der Waals surface area contributed by atoms with Crippen LogP contribution >= 0.6 is 0 Å². The van der Waals surface area contributed by atoms with E-state index in [1.807, 2.05) is 31.2 Å². The van der Waals surface area contributed by atoms with Gasteiger partial charge in [0.25, 0.3) is 0 Å². The third-order valence-electron chi connectivity index (χ3n) is 3.56. The molecule has 0 amide bonds. The molecule has 0 saturated heterocycles. The van der Waals surface area contributed by atoms with E-state index in [2.05, 4.69) is 11.8 Å². The first kappa shape index (κ1) is 14.4. The van der Waals surface area contributed by atoms with Crippen molar-refractivity contribution in [2.45, 2.75) is 45.3 Å². The van der Waals surface area contributed by atoms with Gasteiger partial charge in [-0.3, -0.25) is 4.90 Å². The fourth-order valence-corrected chi connectivity index (χ4v) is 2.51. The molecule has 1 aromatic rings. The summed E-state index contributed by atoms with van der Waals surface area (Å²) in [6.45, 7) is 6.57. The molecule has 3 nitrogen and oxygen atoms in total. The Morgan fingerprint density at radius 3 is 2.68 bits per heavy atom. The van der Waals surface area contributed by atoms with E-state index < -0.39 is 6.10 Å². The first-order valence-corrected chi connectivity index (χ1v) is 7.40. The van der Waals surface area contributed by atoms with Crippen LogP contribution in [-0.4, -0.2) is 35.7 Å². The summed E-state index contributed by atoms with van der Waals surface area (Å²) < 4.78 is 5.60. The van der Waals surface area contributed by atoms with Gasteiger partial charge in [0.2, 0.25) is 0 Å². The number of ether oxygens (including phenoxy) is 1. The molecule has 0 radical (unpaired) electrons. The number of hydrogen-bond acceptors (Lipinski definition) is 3. The zero-order chi connectivity index (χ0) is 13.7. The van der Waals surface area contributed by atoms with Crippen LogP contribution in [0.1, 0.15) is 44.8 Å². The topological polar surface area (TPSA) is 32.7 Å². The quantitative estimate of drug-likeness (QED) is 0.782. The molecule has 0 bridgehead atoms. The van der Waals surface area contributed by atoms with Crippen molar-refractivity contribution >= 4 is 0 Å². The van der Waals surface area contributed by atoms with Gasteiger partial charge in [-0.1, -0.05) is 25.1 Å². The molecule has 1 saturated carbocycles. The van der Waals surface area contributed by atoms with E-state index in [4.69, 9.17) is 4.74 Å². The van der Waals surface area contributed by atoms with Gasteiger partial charge in [-0.2, -0.15) is 0 Å². The van der Waals surface area contributed by atoms with Crippen molar-refractivity contribution in [1.29, 1.82) is 0 Å². The van der Waals surface area contributed by atoms with Gasteiger partial charge in [0.15, 0.2) is 0 Å². The Hall–Kier alpha value is -1.06. The van der Waals surface area contributed by atoms with E-state index in [0.717, 1.165) is 24.3 Å². The van der Waals surface area contributed by atoms with Crippen LogP contribution in [0.15, 0.2) is 24.3 Å². The maximum atomic E-state index is 10.5. The van der Waals surface area contributed by atoms with Crippen LogP contribution < -0.4 is 4.74 Å². The van der Waals surface area contributed by atoms with Gasteiger partial charge in [0.05, 0.1) is 12.7 Å². The predicted molar refractivity (Wildman–Crippen MR) is 77.5 cm³/mol. The highest BCUT2D eigenvalue weighted by Crippen LogP contribution is 2.31. The summed E-state index contributed by atoms with van der Waals surface area (Å²) in [5, 5.41) is 10.5. The Balaban J connectivity index is 2.03. The first-order valence-electron chi connectivity index (χ1n) is 7.40. The molecular formula is C16H25NO2. The minimum Gasteiger partial charge on any atom is -0.493 e. The monoisotopic (exact) mass is 263 g/mol. The van der Waals surface area contributed by atoms with Crippen LogP contribution in [0, 0.1) is 0 Å². The van der Waals surface area contributed by atoms with Gasteiger partial charge < -0.3 is 9.84 Å². The van der Waals surface area contributed by atoms with Gasteiger partial charge in [-0.15, -0.1) is 0 Å². The van der Waals surface area contributed by atoms with E-state index in [1.165, 1.54) is 12.8 Å². The third-order valence-corrected chi connectivity index (χ3v) is 3.56. The van der Waals surface area contributed by atoms with Crippen molar-refractivity contribution in [2.75, 3.05) is 19.7 Å². The molecule has 1 aliphatic carbocycles. The second-order valence-corrected chi connectivity index (χ2v) is 5.21. The van der Waals surface area contributed by atoms with Gasteiger partial charge >= 0.3 is 0 Å².